The highest BCUT2D eigenvalue weighted by Gasteiger charge is 2.30. The van der Waals surface area contributed by atoms with E-state index in [1.165, 1.54) is 6.92 Å². The Hall–Kier alpha value is -1.26. The van der Waals surface area contributed by atoms with Crippen LogP contribution in [0.3, 0.4) is 0 Å². The summed E-state index contributed by atoms with van der Waals surface area (Å²) >= 11 is 0. The lowest BCUT2D eigenvalue weighted by Gasteiger charge is -1.99. The lowest BCUT2D eigenvalue weighted by atomic mass is 10.0. The van der Waals surface area contributed by atoms with Gasteiger partial charge in [-0.25, -0.2) is 0 Å². The number of ketones is 1. The number of carbonyl (C=O) groups excluding carboxylic acids is 3. The first-order chi connectivity index (χ1) is 7.09. The molecule has 0 aromatic heterocycles. The van der Waals surface area contributed by atoms with E-state index in [1.54, 1.807) is 0 Å². The Kier molecular flexibility index (Phi) is 10.0. The molecule has 1 unspecified atom stereocenters. The third kappa shape index (κ3) is 6.76. The van der Waals surface area contributed by atoms with E-state index in [1.807, 2.05) is 13.8 Å². The van der Waals surface area contributed by atoms with Crippen molar-refractivity contribution in [2.45, 2.75) is 33.6 Å². The summed E-state index contributed by atoms with van der Waals surface area (Å²) in [6.07, 6.45) is 0.343. The van der Waals surface area contributed by atoms with Gasteiger partial charge in [-0.1, -0.05) is 13.8 Å². The van der Waals surface area contributed by atoms with Gasteiger partial charge < -0.3 is 4.79 Å². The average Bonchev–Trinajstić information content (AvgIpc) is 2.51. The molecule has 1 aliphatic heterocycles. The van der Waals surface area contributed by atoms with Crippen molar-refractivity contribution < 1.29 is 18.8 Å². The zero-order valence-corrected chi connectivity index (χ0v) is 9.59. The smallest absolute Gasteiger partial charge is 0.230 e. The van der Waals surface area contributed by atoms with E-state index in [-0.39, 0.29) is 30.4 Å². The molecule has 0 aromatic carbocycles. The van der Waals surface area contributed by atoms with Gasteiger partial charge in [0.15, 0.2) is 0 Å². The van der Waals surface area contributed by atoms with Crippen molar-refractivity contribution in [2.75, 3.05) is 7.18 Å². The lowest BCUT2D eigenvalue weighted by molar-refractivity contribution is -0.128. The highest BCUT2D eigenvalue weighted by Crippen LogP contribution is 2.14. The molecule has 0 saturated carbocycles. The molecule has 0 bridgehead atoms. The second-order valence-corrected chi connectivity index (χ2v) is 2.72. The van der Waals surface area contributed by atoms with Crippen molar-refractivity contribution in [1.29, 1.82) is 0 Å². The van der Waals surface area contributed by atoms with Crippen LogP contribution in [0.4, 0.5) is 4.39 Å². The Balaban J connectivity index is 0. The molecule has 1 saturated heterocycles. The number of hydrogen-bond acceptors (Lipinski definition) is 3. The van der Waals surface area contributed by atoms with Crippen molar-refractivity contribution in [3.63, 3.8) is 0 Å². The summed E-state index contributed by atoms with van der Waals surface area (Å²) in [6.45, 7) is 5.41. The Morgan fingerprint density at radius 3 is 2.13 bits per heavy atom. The maximum Gasteiger partial charge on any atom is 0.230 e. The van der Waals surface area contributed by atoms with Gasteiger partial charge in [0.1, 0.15) is 5.78 Å². The minimum absolute atomic E-state index is 0.0557. The minimum atomic E-state index is -0.417. The maximum absolute atomic E-state index is 10.8. The van der Waals surface area contributed by atoms with Crippen LogP contribution in [0.25, 0.3) is 0 Å². The van der Waals surface area contributed by atoms with Gasteiger partial charge in [-0.15, -0.1) is 0 Å². The van der Waals surface area contributed by atoms with Crippen molar-refractivity contribution in [2.24, 2.45) is 5.92 Å². The fourth-order valence-corrected chi connectivity index (χ4v) is 1.12. The van der Waals surface area contributed by atoms with Crippen LogP contribution in [0.15, 0.2) is 0 Å². The van der Waals surface area contributed by atoms with Crippen LogP contribution in [0, 0.1) is 5.92 Å². The summed E-state index contributed by atoms with van der Waals surface area (Å²) < 4.78 is 9.50. The van der Waals surface area contributed by atoms with E-state index < -0.39 is 5.92 Å². The molecule has 0 aromatic rings. The lowest BCUT2D eigenvalue weighted by Crippen LogP contribution is -2.22. The summed E-state index contributed by atoms with van der Waals surface area (Å²) in [5.74, 6) is -1.06. The Morgan fingerprint density at radius 2 is 1.87 bits per heavy atom. The molecule has 0 aliphatic carbocycles. The first-order valence-corrected chi connectivity index (χ1v) is 4.80. The SMILES string of the molecule is CC.CC(=O)CC1CC(=O)NC1=O.CF. The number of imide groups is 1. The number of nitrogens with one attached hydrogen (secondary N) is 1. The fourth-order valence-electron chi connectivity index (χ4n) is 1.12. The molecule has 15 heavy (non-hydrogen) atoms. The average molecular weight is 219 g/mol. The normalized spacial score (nSPS) is 18.1. The molecule has 1 atom stereocenters. The number of halogens is 1. The zero-order valence-electron chi connectivity index (χ0n) is 9.59. The Morgan fingerprint density at radius 1 is 1.40 bits per heavy atom. The summed E-state index contributed by atoms with van der Waals surface area (Å²) in [5.41, 5.74) is 0. The van der Waals surface area contributed by atoms with Crippen LogP contribution in [-0.4, -0.2) is 24.8 Å². The van der Waals surface area contributed by atoms with Gasteiger partial charge in [-0.2, -0.15) is 0 Å². The second-order valence-electron chi connectivity index (χ2n) is 2.72. The molecule has 2 amide bonds. The molecule has 1 aliphatic rings. The standard InChI is InChI=1S/C7H9NO3.C2H6.CH3F/c1-4(9)2-5-3-6(10)8-7(5)11;2*1-2/h5H,2-3H2,1H3,(H,8,10,11);1-2H3;1H3. The van der Waals surface area contributed by atoms with Crippen LogP contribution < -0.4 is 5.32 Å². The van der Waals surface area contributed by atoms with E-state index in [0.717, 1.165) is 0 Å². The van der Waals surface area contributed by atoms with Crippen molar-refractivity contribution in [3.8, 4) is 0 Å². The molecule has 5 heteroatoms. The minimum Gasteiger partial charge on any atom is -0.300 e. The largest absolute Gasteiger partial charge is 0.300 e. The number of rotatable bonds is 2. The van der Waals surface area contributed by atoms with Crippen LogP contribution in [0.1, 0.15) is 33.6 Å². The van der Waals surface area contributed by atoms with Gasteiger partial charge in [0.2, 0.25) is 11.8 Å². The molecule has 1 fully saturated rings. The molecule has 1 N–H and O–H groups in total. The number of alkyl halides is 1. The quantitative estimate of drug-likeness (QED) is 0.711. The van der Waals surface area contributed by atoms with Gasteiger partial charge in [0, 0.05) is 12.8 Å². The van der Waals surface area contributed by atoms with Crippen LogP contribution >= 0.6 is 0 Å². The van der Waals surface area contributed by atoms with E-state index in [2.05, 4.69) is 5.32 Å². The van der Waals surface area contributed by atoms with E-state index in [0.29, 0.717) is 7.18 Å². The molecule has 88 valence electrons. The Labute approximate surface area is 89.2 Å². The third-order valence-corrected chi connectivity index (χ3v) is 1.60. The van der Waals surface area contributed by atoms with E-state index >= 15 is 0 Å². The molecular weight excluding hydrogens is 201 g/mol. The van der Waals surface area contributed by atoms with E-state index in [9.17, 15) is 18.8 Å². The Bertz CT molecular complexity index is 229. The summed E-state index contributed by atoms with van der Waals surface area (Å²) in [5, 5.41) is 2.14. The topological polar surface area (TPSA) is 63.2 Å². The molecule has 1 rings (SSSR count). The van der Waals surface area contributed by atoms with Crippen molar-refractivity contribution in [1.82, 2.24) is 5.32 Å². The van der Waals surface area contributed by atoms with E-state index in [4.69, 9.17) is 0 Å². The fraction of sp³-hybridized carbons (Fsp3) is 0.700. The van der Waals surface area contributed by atoms with Gasteiger partial charge in [-0.05, 0) is 6.92 Å². The second kappa shape index (κ2) is 9.30. The van der Waals surface area contributed by atoms with Crippen LogP contribution in [0.2, 0.25) is 0 Å². The number of carbonyl (C=O) groups is 3. The predicted molar refractivity (Wildman–Crippen MR) is 54.9 cm³/mol. The molecule has 1 heterocycles. The number of hydrogen-bond donors (Lipinski definition) is 1. The van der Waals surface area contributed by atoms with Crippen LogP contribution in [-0.2, 0) is 14.4 Å². The molecule has 0 spiro atoms. The molecule has 0 radical (unpaired) electrons. The first-order valence-electron chi connectivity index (χ1n) is 4.80. The highest BCUT2D eigenvalue weighted by molar-refractivity contribution is 6.04. The van der Waals surface area contributed by atoms with Crippen LogP contribution in [0.5, 0.6) is 0 Å². The first kappa shape index (κ1) is 16.2. The summed E-state index contributed by atoms with van der Waals surface area (Å²) in [7, 11) is 0.500. The van der Waals surface area contributed by atoms with Gasteiger partial charge in [0.05, 0.1) is 13.1 Å². The number of Topliss-reactive ketones (excluding diaryl/α,β-unsaturated/α-hetero) is 1. The highest BCUT2D eigenvalue weighted by atomic mass is 19.1. The maximum atomic E-state index is 10.8. The molecular formula is C10H18FNO3. The number of amides is 2. The van der Waals surface area contributed by atoms with Crippen molar-refractivity contribution in [3.05, 3.63) is 0 Å². The zero-order chi connectivity index (χ0) is 12.4. The summed E-state index contributed by atoms with van der Waals surface area (Å²) in [4.78, 5) is 32.0. The van der Waals surface area contributed by atoms with Gasteiger partial charge in [0.25, 0.3) is 0 Å². The van der Waals surface area contributed by atoms with Gasteiger partial charge >= 0.3 is 0 Å². The monoisotopic (exact) mass is 219 g/mol. The molecule has 4 nitrogen and oxygen atoms in total. The predicted octanol–water partition coefficient (Wildman–Crippen LogP) is 1.24. The summed E-state index contributed by atoms with van der Waals surface area (Å²) in [6, 6.07) is 0. The van der Waals surface area contributed by atoms with Crippen molar-refractivity contribution >= 4 is 17.6 Å². The third-order valence-electron chi connectivity index (χ3n) is 1.60. The van der Waals surface area contributed by atoms with Gasteiger partial charge in [-0.3, -0.25) is 19.3 Å².